The van der Waals surface area contributed by atoms with Crippen LogP contribution in [0.25, 0.3) is 0 Å². The molecule has 0 aliphatic heterocycles. The van der Waals surface area contributed by atoms with Crippen molar-refractivity contribution in [2.24, 2.45) is 5.73 Å². The minimum Gasteiger partial charge on any atom is -0.377 e. The third-order valence-electron chi connectivity index (χ3n) is 1.76. The summed E-state index contributed by atoms with van der Waals surface area (Å²) in [6.45, 7) is 4.68. The molecule has 3 heteroatoms. The van der Waals surface area contributed by atoms with Gasteiger partial charge in [0.15, 0.2) is 0 Å². The summed E-state index contributed by atoms with van der Waals surface area (Å²) < 4.78 is 5.56. The minimum atomic E-state index is 0.355. The van der Waals surface area contributed by atoms with Gasteiger partial charge in [0.05, 0.1) is 12.7 Å². The van der Waals surface area contributed by atoms with Crippen LogP contribution in [0, 0.1) is 0 Å². The van der Waals surface area contributed by atoms with Crippen molar-refractivity contribution in [1.82, 2.24) is 4.90 Å². The second-order valence-corrected chi connectivity index (χ2v) is 3.42. The molecule has 0 aliphatic carbocycles. The Bertz CT molecular complexity index is 96.5. The average molecular weight is 174 g/mol. The molecule has 0 saturated heterocycles. The summed E-state index contributed by atoms with van der Waals surface area (Å²) in [5.74, 6) is 0. The molecule has 12 heavy (non-hydrogen) atoms. The van der Waals surface area contributed by atoms with Gasteiger partial charge in [0.25, 0.3) is 0 Å². The summed E-state index contributed by atoms with van der Waals surface area (Å²) in [6.07, 6.45) is 2.49. The van der Waals surface area contributed by atoms with Gasteiger partial charge in [-0.25, -0.2) is 0 Å². The van der Waals surface area contributed by atoms with E-state index in [0.717, 1.165) is 32.5 Å². The second-order valence-electron chi connectivity index (χ2n) is 3.42. The van der Waals surface area contributed by atoms with E-state index in [1.54, 1.807) is 0 Å². The van der Waals surface area contributed by atoms with E-state index >= 15 is 0 Å². The van der Waals surface area contributed by atoms with Gasteiger partial charge < -0.3 is 15.4 Å². The molecule has 0 fully saturated rings. The fourth-order valence-electron chi connectivity index (χ4n) is 0.925. The molecule has 0 aromatic heterocycles. The molecular formula is C9H22N2O. The van der Waals surface area contributed by atoms with Crippen LogP contribution in [0.3, 0.4) is 0 Å². The van der Waals surface area contributed by atoms with Crippen LogP contribution in [0.4, 0.5) is 0 Å². The third-order valence-corrected chi connectivity index (χ3v) is 1.76. The van der Waals surface area contributed by atoms with Crippen LogP contribution in [-0.4, -0.2) is 44.8 Å². The zero-order chi connectivity index (χ0) is 9.40. The first-order valence-electron chi connectivity index (χ1n) is 4.63. The van der Waals surface area contributed by atoms with Crippen molar-refractivity contribution in [1.29, 1.82) is 0 Å². The molecule has 3 nitrogen and oxygen atoms in total. The molecule has 1 atom stereocenters. The highest BCUT2D eigenvalue weighted by Gasteiger charge is 2.00. The van der Waals surface area contributed by atoms with Gasteiger partial charge in [-0.15, -0.1) is 0 Å². The van der Waals surface area contributed by atoms with Crippen LogP contribution in [0.15, 0.2) is 0 Å². The first-order chi connectivity index (χ1) is 5.66. The molecule has 0 radical (unpaired) electrons. The van der Waals surface area contributed by atoms with Crippen LogP contribution in [0.5, 0.6) is 0 Å². The normalized spacial score (nSPS) is 13.8. The summed E-state index contributed by atoms with van der Waals surface area (Å²) in [6, 6.07) is 0. The quantitative estimate of drug-likeness (QED) is 0.617. The number of nitrogens with zero attached hydrogens (tertiary/aromatic N) is 1. The van der Waals surface area contributed by atoms with Gasteiger partial charge in [-0.2, -0.15) is 0 Å². The highest BCUT2D eigenvalue weighted by atomic mass is 16.5. The number of likely N-dealkylation sites (N-methyl/N-ethyl adjacent to an activating group) is 1. The Morgan fingerprint density at radius 1 is 1.42 bits per heavy atom. The van der Waals surface area contributed by atoms with Gasteiger partial charge in [-0.1, -0.05) is 0 Å². The monoisotopic (exact) mass is 174 g/mol. The SMILES string of the molecule is CC(CCCN)OCCN(C)C. The summed E-state index contributed by atoms with van der Waals surface area (Å²) in [4.78, 5) is 2.12. The minimum absolute atomic E-state index is 0.355. The van der Waals surface area contributed by atoms with E-state index in [1.165, 1.54) is 0 Å². The van der Waals surface area contributed by atoms with Crippen molar-refractivity contribution in [3.05, 3.63) is 0 Å². The van der Waals surface area contributed by atoms with Crippen LogP contribution >= 0.6 is 0 Å². The summed E-state index contributed by atoms with van der Waals surface area (Å²) in [7, 11) is 4.10. The van der Waals surface area contributed by atoms with E-state index in [1.807, 2.05) is 14.1 Å². The lowest BCUT2D eigenvalue weighted by atomic mass is 10.2. The van der Waals surface area contributed by atoms with Crippen LogP contribution < -0.4 is 5.73 Å². The van der Waals surface area contributed by atoms with Gasteiger partial charge in [0.2, 0.25) is 0 Å². The van der Waals surface area contributed by atoms with E-state index in [4.69, 9.17) is 10.5 Å². The highest BCUT2D eigenvalue weighted by Crippen LogP contribution is 1.99. The number of nitrogens with two attached hydrogens (primary N) is 1. The first-order valence-corrected chi connectivity index (χ1v) is 4.63. The molecule has 0 bridgehead atoms. The Kier molecular flexibility index (Phi) is 7.45. The maximum Gasteiger partial charge on any atom is 0.0596 e. The molecule has 2 N–H and O–H groups in total. The average Bonchev–Trinajstić information content (AvgIpc) is 2.00. The fraction of sp³-hybridized carbons (Fsp3) is 1.00. The topological polar surface area (TPSA) is 38.5 Å². The molecule has 0 saturated carbocycles. The molecule has 0 spiro atoms. The fourth-order valence-corrected chi connectivity index (χ4v) is 0.925. The van der Waals surface area contributed by atoms with Crippen molar-refractivity contribution in [2.45, 2.75) is 25.9 Å². The molecule has 0 aliphatic rings. The largest absolute Gasteiger partial charge is 0.377 e. The molecule has 0 aromatic rings. The first kappa shape index (κ1) is 11.9. The Morgan fingerprint density at radius 3 is 2.58 bits per heavy atom. The Labute approximate surface area is 75.9 Å². The second kappa shape index (κ2) is 7.53. The van der Waals surface area contributed by atoms with E-state index in [9.17, 15) is 0 Å². The van der Waals surface area contributed by atoms with Crippen molar-refractivity contribution in [3.8, 4) is 0 Å². The van der Waals surface area contributed by atoms with Crippen molar-refractivity contribution < 1.29 is 4.74 Å². The van der Waals surface area contributed by atoms with Crippen LogP contribution in [-0.2, 0) is 4.74 Å². The van der Waals surface area contributed by atoms with E-state index in [2.05, 4.69) is 11.8 Å². The zero-order valence-corrected chi connectivity index (χ0v) is 8.55. The van der Waals surface area contributed by atoms with Crippen LogP contribution in [0.1, 0.15) is 19.8 Å². The van der Waals surface area contributed by atoms with E-state index in [0.29, 0.717) is 6.10 Å². The Morgan fingerprint density at radius 2 is 2.08 bits per heavy atom. The summed E-state index contributed by atoms with van der Waals surface area (Å²) in [5.41, 5.74) is 5.39. The number of ether oxygens (including phenoxy) is 1. The molecule has 0 heterocycles. The maximum atomic E-state index is 5.56. The van der Waals surface area contributed by atoms with Gasteiger partial charge in [-0.05, 0) is 40.4 Å². The Hall–Kier alpha value is -0.120. The molecular weight excluding hydrogens is 152 g/mol. The number of rotatable bonds is 7. The maximum absolute atomic E-state index is 5.56. The van der Waals surface area contributed by atoms with E-state index < -0.39 is 0 Å². The highest BCUT2D eigenvalue weighted by molar-refractivity contribution is 4.52. The lowest BCUT2D eigenvalue weighted by Crippen LogP contribution is -2.21. The van der Waals surface area contributed by atoms with Gasteiger partial charge in [-0.3, -0.25) is 0 Å². The zero-order valence-electron chi connectivity index (χ0n) is 8.55. The van der Waals surface area contributed by atoms with Crippen molar-refractivity contribution >= 4 is 0 Å². The number of hydrogen-bond donors (Lipinski definition) is 1. The van der Waals surface area contributed by atoms with E-state index in [-0.39, 0.29) is 0 Å². The predicted octanol–water partition coefficient (Wildman–Crippen LogP) is 0.692. The predicted molar refractivity (Wildman–Crippen MR) is 52.3 cm³/mol. The standard InChI is InChI=1S/C9H22N2O/c1-9(5-4-6-10)12-8-7-11(2)3/h9H,4-8,10H2,1-3H3. The third kappa shape index (κ3) is 7.98. The molecule has 0 rings (SSSR count). The molecule has 0 aromatic carbocycles. The smallest absolute Gasteiger partial charge is 0.0596 e. The number of hydrogen-bond acceptors (Lipinski definition) is 3. The summed E-state index contributed by atoms with van der Waals surface area (Å²) in [5, 5.41) is 0. The summed E-state index contributed by atoms with van der Waals surface area (Å²) >= 11 is 0. The van der Waals surface area contributed by atoms with Crippen molar-refractivity contribution in [2.75, 3.05) is 33.8 Å². The van der Waals surface area contributed by atoms with Gasteiger partial charge in [0.1, 0.15) is 0 Å². The molecule has 1 unspecified atom stereocenters. The lowest BCUT2D eigenvalue weighted by Gasteiger charge is -2.14. The van der Waals surface area contributed by atoms with Crippen LogP contribution in [0.2, 0.25) is 0 Å². The van der Waals surface area contributed by atoms with Gasteiger partial charge in [0, 0.05) is 6.54 Å². The molecule has 0 amide bonds. The Balaban J connectivity index is 3.13. The van der Waals surface area contributed by atoms with Gasteiger partial charge >= 0.3 is 0 Å². The lowest BCUT2D eigenvalue weighted by molar-refractivity contribution is 0.0500. The van der Waals surface area contributed by atoms with Crippen molar-refractivity contribution in [3.63, 3.8) is 0 Å². The molecule has 74 valence electrons.